The number of carboxylic acids is 1. The average Bonchev–Trinajstić information content (AvgIpc) is 3.39. The zero-order chi connectivity index (χ0) is 55.5. The van der Waals surface area contributed by atoms with E-state index in [1.54, 1.807) is 0 Å². The number of carboxylic acid groups (broad SMARTS) is 1. The first-order valence-electron chi connectivity index (χ1n) is 31.6. The SMILES string of the molecule is CC/C=C\C/C=C\C/C=C\C/C=C\C/C=C\C/C=C\CCCCCCCCCCCCCCCCCCCCCCCCC(=O)OC(COC(=O)CCCCCCCCCCCC)COC(OCC[N+](C)(C)C)C(=O)[O-]. The predicted molar refractivity (Wildman–Crippen MR) is 320 cm³/mol. The molecule has 9 heteroatoms. The molecule has 0 rings (SSSR count). The van der Waals surface area contributed by atoms with Gasteiger partial charge in [-0.3, -0.25) is 9.59 Å². The van der Waals surface area contributed by atoms with Gasteiger partial charge in [0.1, 0.15) is 13.2 Å². The van der Waals surface area contributed by atoms with Gasteiger partial charge in [0.25, 0.3) is 0 Å². The van der Waals surface area contributed by atoms with Crippen LogP contribution in [-0.2, 0) is 33.3 Å². The van der Waals surface area contributed by atoms with Crippen LogP contribution < -0.4 is 5.11 Å². The van der Waals surface area contributed by atoms with Crippen LogP contribution in [0.25, 0.3) is 0 Å². The Bertz CT molecular complexity index is 1470. The van der Waals surface area contributed by atoms with Crippen molar-refractivity contribution in [2.45, 2.75) is 289 Å². The van der Waals surface area contributed by atoms with Crippen molar-refractivity contribution < 1.29 is 42.9 Å². The normalized spacial score (nSPS) is 13.2. The van der Waals surface area contributed by atoms with E-state index in [0.717, 1.165) is 70.6 Å². The molecular formula is C67H119NO8. The molecule has 0 aromatic carbocycles. The van der Waals surface area contributed by atoms with Gasteiger partial charge >= 0.3 is 11.9 Å². The minimum absolute atomic E-state index is 0.149. The van der Waals surface area contributed by atoms with E-state index in [-0.39, 0.29) is 32.2 Å². The molecule has 0 heterocycles. The monoisotopic (exact) mass is 1070 g/mol. The third kappa shape index (κ3) is 58.4. The van der Waals surface area contributed by atoms with E-state index in [1.807, 2.05) is 21.1 Å². The van der Waals surface area contributed by atoms with Crippen molar-refractivity contribution in [3.8, 4) is 0 Å². The van der Waals surface area contributed by atoms with Crippen molar-refractivity contribution in [2.24, 2.45) is 0 Å². The molecule has 440 valence electrons. The molecule has 0 bridgehead atoms. The van der Waals surface area contributed by atoms with E-state index in [1.165, 1.54) is 173 Å². The summed E-state index contributed by atoms with van der Waals surface area (Å²) in [6.45, 7) is 4.64. The fourth-order valence-corrected chi connectivity index (χ4v) is 8.89. The number of quaternary nitrogens is 1. The molecule has 0 aromatic heterocycles. The molecule has 2 atom stereocenters. The van der Waals surface area contributed by atoms with Gasteiger partial charge < -0.3 is 33.3 Å². The highest BCUT2D eigenvalue weighted by Crippen LogP contribution is 2.17. The molecule has 0 aliphatic heterocycles. The minimum Gasteiger partial charge on any atom is -0.545 e. The summed E-state index contributed by atoms with van der Waals surface area (Å²) in [6, 6.07) is 0. The molecule has 0 spiro atoms. The molecule has 0 radical (unpaired) electrons. The van der Waals surface area contributed by atoms with Crippen LogP contribution in [0.5, 0.6) is 0 Å². The summed E-state index contributed by atoms with van der Waals surface area (Å²) in [4.78, 5) is 37.1. The highest BCUT2D eigenvalue weighted by atomic mass is 16.7. The van der Waals surface area contributed by atoms with E-state index in [2.05, 4.69) is 86.8 Å². The Kier molecular flexibility index (Phi) is 55.4. The Labute approximate surface area is 468 Å². The van der Waals surface area contributed by atoms with Gasteiger partial charge in [0.2, 0.25) is 0 Å². The van der Waals surface area contributed by atoms with Crippen molar-refractivity contribution >= 4 is 17.9 Å². The molecule has 76 heavy (non-hydrogen) atoms. The van der Waals surface area contributed by atoms with Gasteiger partial charge in [-0.1, -0.05) is 273 Å². The smallest absolute Gasteiger partial charge is 0.306 e. The number of rotatable bonds is 58. The van der Waals surface area contributed by atoms with Gasteiger partial charge in [0.15, 0.2) is 12.4 Å². The molecule has 0 aliphatic carbocycles. The Hall–Kier alpha value is -3.27. The van der Waals surface area contributed by atoms with Crippen molar-refractivity contribution in [2.75, 3.05) is 47.5 Å². The van der Waals surface area contributed by atoms with Crippen molar-refractivity contribution in [1.82, 2.24) is 0 Å². The topological polar surface area (TPSA) is 111 Å². The molecular weight excluding hydrogens is 947 g/mol. The lowest BCUT2D eigenvalue weighted by molar-refractivity contribution is -0.870. The number of carbonyl (C=O) groups is 3. The van der Waals surface area contributed by atoms with Crippen molar-refractivity contribution in [3.05, 3.63) is 72.9 Å². The van der Waals surface area contributed by atoms with Gasteiger partial charge in [-0.15, -0.1) is 0 Å². The number of hydrogen-bond acceptors (Lipinski definition) is 8. The summed E-state index contributed by atoms with van der Waals surface area (Å²) in [5.74, 6) is -2.27. The standard InChI is InChI=1S/C67H119NO8/c1-6-8-10-12-14-16-18-19-20-21-22-23-24-25-26-27-28-29-30-31-32-33-34-35-36-37-38-39-40-41-42-43-44-45-46-47-48-50-52-54-56-58-65(70)76-63(62-75-67(66(71)72)73-60-59-68(3,4)5)61-74-64(69)57-55-53-51-49-17-15-13-11-9-7-2/h8,10,14,16,19-20,22-23,25-26,28-29,63,67H,6-7,9,11-13,15,17-18,21,24,27,30-62H2,1-5H3/b10-8-,16-14-,20-19-,23-22-,26-25-,29-28-. The second-order valence-corrected chi connectivity index (χ2v) is 22.3. The average molecular weight is 1070 g/mol. The van der Waals surface area contributed by atoms with Gasteiger partial charge in [-0.05, 0) is 64.2 Å². The number of esters is 2. The summed E-state index contributed by atoms with van der Waals surface area (Å²) in [6.07, 6.45) is 72.8. The number of hydrogen-bond donors (Lipinski definition) is 0. The largest absolute Gasteiger partial charge is 0.545 e. The van der Waals surface area contributed by atoms with Gasteiger partial charge in [-0.25, -0.2) is 0 Å². The first kappa shape index (κ1) is 72.7. The molecule has 0 aromatic rings. The molecule has 2 unspecified atom stereocenters. The second-order valence-electron chi connectivity index (χ2n) is 22.3. The first-order chi connectivity index (χ1) is 37.1. The summed E-state index contributed by atoms with van der Waals surface area (Å²) in [5, 5.41) is 11.7. The number of nitrogens with zero attached hydrogens (tertiary/aromatic N) is 1. The predicted octanol–water partition coefficient (Wildman–Crippen LogP) is 17.6. The maximum atomic E-state index is 12.8. The number of likely N-dealkylation sites (N-methyl/N-ethyl adjacent to an activating group) is 1. The van der Waals surface area contributed by atoms with Crippen LogP contribution in [0, 0.1) is 0 Å². The molecule has 0 fully saturated rings. The van der Waals surface area contributed by atoms with E-state index >= 15 is 0 Å². The zero-order valence-electron chi connectivity index (χ0n) is 50.1. The highest BCUT2D eigenvalue weighted by molar-refractivity contribution is 5.70. The lowest BCUT2D eigenvalue weighted by Gasteiger charge is -2.26. The molecule has 0 N–H and O–H groups in total. The number of unbranched alkanes of at least 4 members (excludes halogenated alkanes) is 31. The van der Waals surface area contributed by atoms with Crippen molar-refractivity contribution in [1.29, 1.82) is 0 Å². The van der Waals surface area contributed by atoms with Crippen LogP contribution >= 0.6 is 0 Å². The fourth-order valence-electron chi connectivity index (χ4n) is 8.89. The maximum absolute atomic E-state index is 12.8. The minimum atomic E-state index is -1.62. The van der Waals surface area contributed by atoms with Gasteiger partial charge in [-0.2, -0.15) is 0 Å². The van der Waals surface area contributed by atoms with Gasteiger partial charge in [0.05, 0.1) is 40.3 Å². The summed E-state index contributed by atoms with van der Waals surface area (Å²) in [5.41, 5.74) is 0. The van der Waals surface area contributed by atoms with E-state index in [4.69, 9.17) is 18.9 Å². The number of allylic oxidation sites excluding steroid dienone is 12. The van der Waals surface area contributed by atoms with E-state index in [0.29, 0.717) is 23.9 Å². The first-order valence-corrected chi connectivity index (χ1v) is 31.6. The molecule has 9 nitrogen and oxygen atoms in total. The Morgan fingerprint density at radius 3 is 1.12 bits per heavy atom. The van der Waals surface area contributed by atoms with Crippen LogP contribution in [0.2, 0.25) is 0 Å². The van der Waals surface area contributed by atoms with Crippen LogP contribution in [0.1, 0.15) is 277 Å². The Morgan fingerprint density at radius 1 is 0.408 bits per heavy atom. The summed E-state index contributed by atoms with van der Waals surface area (Å²) < 4.78 is 22.6. The number of carbonyl (C=O) groups excluding carboxylic acids is 3. The number of aliphatic carboxylic acids is 1. The lowest BCUT2D eigenvalue weighted by atomic mass is 10.0. The fraction of sp³-hybridized carbons (Fsp3) is 0.776. The quantitative estimate of drug-likeness (QED) is 0.0195. The molecule has 0 amide bonds. The molecule has 0 saturated heterocycles. The van der Waals surface area contributed by atoms with Crippen LogP contribution in [0.4, 0.5) is 0 Å². The number of ether oxygens (including phenoxy) is 4. The van der Waals surface area contributed by atoms with Gasteiger partial charge in [0, 0.05) is 12.8 Å². The van der Waals surface area contributed by atoms with E-state index < -0.39 is 24.3 Å². The van der Waals surface area contributed by atoms with Crippen LogP contribution in [-0.4, -0.2) is 82.3 Å². The second kappa shape index (κ2) is 57.9. The van der Waals surface area contributed by atoms with Crippen LogP contribution in [0.15, 0.2) is 72.9 Å². The highest BCUT2D eigenvalue weighted by Gasteiger charge is 2.22. The molecule has 0 saturated carbocycles. The zero-order valence-corrected chi connectivity index (χ0v) is 50.1. The Morgan fingerprint density at radius 2 is 0.750 bits per heavy atom. The molecule has 0 aliphatic rings. The van der Waals surface area contributed by atoms with E-state index in [9.17, 15) is 19.5 Å². The third-order valence-electron chi connectivity index (χ3n) is 13.7. The summed E-state index contributed by atoms with van der Waals surface area (Å²) in [7, 11) is 5.92. The summed E-state index contributed by atoms with van der Waals surface area (Å²) >= 11 is 0. The third-order valence-corrected chi connectivity index (χ3v) is 13.7. The Balaban J connectivity index is 3.90. The van der Waals surface area contributed by atoms with Crippen LogP contribution in [0.3, 0.4) is 0 Å². The lowest BCUT2D eigenvalue weighted by Crippen LogP contribution is -2.44. The maximum Gasteiger partial charge on any atom is 0.306 e. The van der Waals surface area contributed by atoms with Crippen molar-refractivity contribution in [3.63, 3.8) is 0 Å².